The van der Waals surface area contributed by atoms with Gasteiger partial charge in [0, 0.05) is 10.8 Å². The molecule has 0 spiro atoms. The van der Waals surface area contributed by atoms with Crippen LogP contribution in [0.5, 0.6) is 0 Å². The van der Waals surface area contributed by atoms with Gasteiger partial charge in [-0.1, -0.05) is 41.5 Å². The predicted molar refractivity (Wildman–Crippen MR) is 69.1 cm³/mol. The molecule has 0 aromatic carbocycles. The maximum absolute atomic E-state index is 4.73. The number of rotatable bonds is 0. The van der Waals surface area contributed by atoms with Gasteiger partial charge in [0.1, 0.15) is 11.3 Å². The van der Waals surface area contributed by atoms with Gasteiger partial charge in [0.05, 0.1) is 12.0 Å². The number of nitrogens with zero attached hydrogens (tertiary/aromatic N) is 3. The van der Waals surface area contributed by atoms with E-state index >= 15 is 0 Å². The van der Waals surface area contributed by atoms with Crippen LogP contribution in [0.25, 0.3) is 11.2 Å². The van der Waals surface area contributed by atoms with Crippen LogP contribution in [0, 0.1) is 0 Å². The van der Waals surface area contributed by atoms with Crippen molar-refractivity contribution in [2.75, 3.05) is 0 Å². The lowest BCUT2D eigenvalue weighted by Gasteiger charge is -2.22. The average Bonchev–Trinajstić information content (AvgIpc) is 2.59. The number of aromatic amines is 1. The summed E-state index contributed by atoms with van der Waals surface area (Å²) in [4.78, 5) is 16.7. The molecular weight excluding hydrogens is 212 g/mol. The molecule has 1 N–H and O–H groups in total. The first kappa shape index (κ1) is 12.0. The first-order chi connectivity index (χ1) is 7.69. The minimum absolute atomic E-state index is 0.0201. The van der Waals surface area contributed by atoms with E-state index in [2.05, 4.69) is 56.5 Å². The molecule has 0 atom stereocenters. The summed E-state index contributed by atoms with van der Waals surface area (Å²) in [6, 6.07) is 0. The van der Waals surface area contributed by atoms with Crippen LogP contribution >= 0.6 is 0 Å². The summed E-state index contributed by atoms with van der Waals surface area (Å²) in [5.41, 5.74) is 2.66. The number of imidazole rings is 1. The van der Waals surface area contributed by atoms with E-state index in [1.807, 2.05) is 0 Å². The quantitative estimate of drug-likeness (QED) is 0.759. The lowest BCUT2D eigenvalue weighted by Crippen LogP contribution is -2.22. The van der Waals surface area contributed by atoms with E-state index in [4.69, 9.17) is 4.98 Å². The van der Waals surface area contributed by atoms with Crippen molar-refractivity contribution in [3.05, 3.63) is 17.8 Å². The molecule has 92 valence electrons. The molecule has 0 saturated heterocycles. The molecule has 2 aromatic heterocycles. The van der Waals surface area contributed by atoms with Crippen molar-refractivity contribution in [3.63, 3.8) is 0 Å². The monoisotopic (exact) mass is 232 g/mol. The second-order valence-corrected chi connectivity index (χ2v) is 6.50. The molecule has 2 aromatic rings. The summed E-state index contributed by atoms with van der Waals surface area (Å²) in [5.74, 6) is 0.849. The lowest BCUT2D eigenvalue weighted by molar-refractivity contribution is 0.519. The Balaban J connectivity index is 2.76. The number of H-pyrrole nitrogens is 1. The van der Waals surface area contributed by atoms with Gasteiger partial charge in [-0.15, -0.1) is 0 Å². The van der Waals surface area contributed by atoms with E-state index in [0.29, 0.717) is 0 Å². The highest BCUT2D eigenvalue weighted by Gasteiger charge is 2.25. The molecule has 0 amide bonds. The number of aromatic nitrogens is 4. The smallest absolute Gasteiger partial charge is 0.181 e. The van der Waals surface area contributed by atoms with E-state index in [-0.39, 0.29) is 10.8 Å². The largest absolute Gasteiger partial charge is 0.342 e. The highest BCUT2D eigenvalue weighted by molar-refractivity contribution is 5.73. The Hall–Kier alpha value is -1.45. The zero-order valence-electron chi connectivity index (χ0n) is 11.4. The number of nitrogens with one attached hydrogen (secondary N) is 1. The molecule has 2 rings (SSSR count). The Morgan fingerprint density at radius 2 is 1.59 bits per heavy atom. The number of hydrogen-bond donors (Lipinski definition) is 1. The Kier molecular flexibility index (Phi) is 2.49. The Morgan fingerprint density at radius 1 is 0.941 bits per heavy atom. The van der Waals surface area contributed by atoms with Crippen LogP contribution in [0.4, 0.5) is 0 Å². The Morgan fingerprint density at radius 3 is 2.12 bits per heavy atom. The molecule has 0 aliphatic heterocycles. The van der Waals surface area contributed by atoms with Crippen LogP contribution < -0.4 is 0 Å². The topological polar surface area (TPSA) is 54.5 Å². The van der Waals surface area contributed by atoms with Crippen LogP contribution in [-0.2, 0) is 10.8 Å². The third kappa shape index (κ3) is 2.16. The van der Waals surface area contributed by atoms with Crippen molar-refractivity contribution in [3.8, 4) is 0 Å². The van der Waals surface area contributed by atoms with Crippen LogP contribution in [0.1, 0.15) is 53.1 Å². The summed E-state index contributed by atoms with van der Waals surface area (Å²) < 4.78 is 0. The summed E-state index contributed by atoms with van der Waals surface area (Å²) >= 11 is 0. The molecule has 0 fully saturated rings. The second kappa shape index (κ2) is 3.52. The maximum Gasteiger partial charge on any atom is 0.181 e. The van der Waals surface area contributed by atoms with Gasteiger partial charge in [-0.05, 0) is 0 Å². The predicted octanol–water partition coefficient (Wildman–Crippen LogP) is 2.95. The third-order valence-corrected chi connectivity index (χ3v) is 2.67. The highest BCUT2D eigenvalue weighted by Crippen LogP contribution is 2.28. The molecule has 4 nitrogen and oxygen atoms in total. The van der Waals surface area contributed by atoms with Crippen molar-refractivity contribution in [1.82, 2.24) is 19.9 Å². The zero-order chi connectivity index (χ0) is 12.8. The maximum atomic E-state index is 4.73. The normalized spacial score (nSPS) is 13.3. The third-order valence-electron chi connectivity index (χ3n) is 2.67. The highest BCUT2D eigenvalue weighted by atomic mass is 15.0. The van der Waals surface area contributed by atoms with Gasteiger partial charge in [0.2, 0.25) is 0 Å². The van der Waals surface area contributed by atoms with Gasteiger partial charge in [-0.25, -0.2) is 15.0 Å². The summed E-state index contributed by atoms with van der Waals surface area (Å²) in [6.07, 6.45) is 1.68. The fourth-order valence-electron chi connectivity index (χ4n) is 1.71. The molecule has 0 saturated carbocycles. The molecule has 0 bridgehead atoms. The van der Waals surface area contributed by atoms with Crippen molar-refractivity contribution in [2.45, 2.75) is 52.4 Å². The first-order valence-electron chi connectivity index (χ1n) is 5.91. The summed E-state index contributed by atoms with van der Waals surface area (Å²) in [7, 11) is 0. The van der Waals surface area contributed by atoms with Crippen LogP contribution in [0.2, 0.25) is 0 Å². The molecule has 0 radical (unpaired) electrons. The lowest BCUT2D eigenvalue weighted by atomic mass is 9.89. The van der Waals surface area contributed by atoms with Gasteiger partial charge >= 0.3 is 0 Å². The molecule has 0 aliphatic rings. The van der Waals surface area contributed by atoms with Gasteiger partial charge in [0.15, 0.2) is 5.65 Å². The molecule has 0 unspecified atom stereocenters. The average molecular weight is 232 g/mol. The standard InChI is InChI=1S/C13H20N4/c1-12(2,3)9-8-10(15-7-14-8)17-11(16-9)13(4,5)6/h7H,1-6H3,(H,14,15,16,17). The number of fused-ring (bicyclic) bond motifs is 1. The summed E-state index contributed by atoms with van der Waals surface area (Å²) in [6.45, 7) is 12.8. The minimum Gasteiger partial charge on any atom is -0.342 e. The van der Waals surface area contributed by atoms with Gasteiger partial charge in [-0.3, -0.25) is 0 Å². The van der Waals surface area contributed by atoms with E-state index in [0.717, 1.165) is 22.7 Å². The second-order valence-electron chi connectivity index (χ2n) is 6.50. The van der Waals surface area contributed by atoms with Crippen molar-refractivity contribution in [1.29, 1.82) is 0 Å². The fraction of sp³-hybridized carbons (Fsp3) is 0.615. The summed E-state index contributed by atoms with van der Waals surface area (Å²) in [5, 5.41) is 0. The van der Waals surface area contributed by atoms with Crippen LogP contribution in [0.15, 0.2) is 6.33 Å². The van der Waals surface area contributed by atoms with Crippen molar-refractivity contribution < 1.29 is 0 Å². The number of hydrogen-bond acceptors (Lipinski definition) is 3. The Bertz CT molecular complexity index is 541. The molecular formula is C13H20N4. The minimum atomic E-state index is -0.0624. The fourth-order valence-corrected chi connectivity index (χ4v) is 1.71. The SMILES string of the molecule is CC(C)(C)c1nc(C(C)(C)C)c2[nH]cnc2n1. The van der Waals surface area contributed by atoms with Gasteiger partial charge in [-0.2, -0.15) is 0 Å². The van der Waals surface area contributed by atoms with E-state index in [1.54, 1.807) is 6.33 Å². The van der Waals surface area contributed by atoms with Crippen molar-refractivity contribution in [2.24, 2.45) is 0 Å². The van der Waals surface area contributed by atoms with Gasteiger partial charge < -0.3 is 4.98 Å². The molecule has 17 heavy (non-hydrogen) atoms. The Labute approximate surface area is 102 Å². The molecule has 4 heteroatoms. The zero-order valence-corrected chi connectivity index (χ0v) is 11.4. The van der Waals surface area contributed by atoms with E-state index < -0.39 is 0 Å². The van der Waals surface area contributed by atoms with E-state index in [9.17, 15) is 0 Å². The van der Waals surface area contributed by atoms with Crippen LogP contribution in [-0.4, -0.2) is 19.9 Å². The molecule has 0 aliphatic carbocycles. The first-order valence-corrected chi connectivity index (χ1v) is 5.91. The molecule has 2 heterocycles. The van der Waals surface area contributed by atoms with Gasteiger partial charge in [0.25, 0.3) is 0 Å². The van der Waals surface area contributed by atoms with Crippen molar-refractivity contribution >= 4 is 11.2 Å². The van der Waals surface area contributed by atoms with Crippen LogP contribution in [0.3, 0.4) is 0 Å². The van der Waals surface area contributed by atoms with E-state index in [1.165, 1.54) is 0 Å².